The van der Waals surface area contributed by atoms with E-state index >= 15 is 0 Å². The van der Waals surface area contributed by atoms with E-state index in [1.165, 1.54) is 19.2 Å². The number of hydrogen-bond acceptors (Lipinski definition) is 4. The number of rotatable bonds is 3. The fraction of sp³-hybridized carbons (Fsp3) is 0.154. The molecule has 19 heavy (non-hydrogen) atoms. The molecule has 1 aromatic heterocycles. The number of benzene rings is 1. The quantitative estimate of drug-likeness (QED) is 0.847. The maximum absolute atomic E-state index is 11.6. The van der Waals surface area contributed by atoms with Crippen molar-refractivity contribution >= 4 is 11.9 Å². The zero-order valence-electron chi connectivity index (χ0n) is 10.5. The summed E-state index contributed by atoms with van der Waals surface area (Å²) in [5.41, 5.74) is 0.745. The smallest absolute Gasteiger partial charge is 0.337 e. The summed E-state index contributed by atoms with van der Waals surface area (Å²) in [5.74, 6) is -1.12. The highest BCUT2D eigenvalue weighted by Gasteiger charge is 2.15. The Balaban J connectivity index is 2.61. The number of aromatic nitrogens is 2. The number of ether oxygens (including phenoxy) is 1. The van der Waals surface area contributed by atoms with Crippen LogP contribution < -0.4 is 0 Å². The largest absolute Gasteiger partial charge is 0.478 e. The van der Waals surface area contributed by atoms with Crippen LogP contribution in [-0.4, -0.2) is 33.7 Å². The number of aryl methyl sites for hydroxylation is 1. The number of esters is 1. The molecule has 0 unspecified atom stereocenters. The summed E-state index contributed by atoms with van der Waals surface area (Å²) in [6.07, 6.45) is 3.33. The normalized spacial score (nSPS) is 10.2. The van der Waals surface area contributed by atoms with Crippen LogP contribution in [0.15, 0.2) is 30.6 Å². The van der Waals surface area contributed by atoms with Crippen molar-refractivity contribution in [3.05, 3.63) is 41.7 Å². The summed E-state index contributed by atoms with van der Waals surface area (Å²) in [6.45, 7) is 0. The number of carboxylic acids is 1. The molecule has 0 radical (unpaired) electrons. The van der Waals surface area contributed by atoms with Crippen LogP contribution in [-0.2, 0) is 11.8 Å². The van der Waals surface area contributed by atoms with Crippen molar-refractivity contribution in [2.75, 3.05) is 7.11 Å². The maximum Gasteiger partial charge on any atom is 0.337 e. The molecule has 6 nitrogen and oxygen atoms in total. The second-order valence-corrected chi connectivity index (χ2v) is 3.96. The fourth-order valence-corrected chi connectivity index (χ4v) is 1.76. The molecule has 6 heteroatoms. The Kier molecular flexibility index (Phi) is 3.33. The number of carbonyl (C=O) groups is 2. The van der Waals surface area contributed by atoms with Crippen LogP contribution in [0.1, 0.15) is 20.7 Å². The lowest BCUT2D eigenvalue weighted by atomic mass is 10.0. The van der Waals surface area contributed by atoms with Crippen molar-refractivity contribution in [1.29, 1.82) is 0 Å². The van der Waals surface area contributed by atoms with Crippen LogP contribution in [0.5, 0.6) is 0 Å². The van der Waals surface area contributed by atoms with E-state index in [9.17, 15) is 9.59 Å². The molecular formula is C13H12N2O4. The van der Waals surface area contributed by atoms with Crippen molar-refractivity contribution in [2.45, 2.75) is 0 Å². The summed E-state index contributed by atoms with van der Waals surface area (Å²) in [4.78, 5) is 26.8. The number of carbonyl (C=O) groups excluding carboxylic acids is 1. The van der Waals surface area contributed by atoms with Crippen molar-refractivity contribution in [3.8, 4) is 11.4 Å². The minimum atomic E-state index is -1.11. The van der Waals surface area contributed by atoms with Crippen molar-refractivity contribution in [2.24, 2.45) is 7.05 Å². The predicted molar refractivity (Wildman–Crippen MR) is 66.9 cm³/mol. The molecule has 1 aromatic carbocycles. The van der Waals surface area contributed by atoms with E-state index in [-0.39, 0.29) is 11.1 Å². The third-order valence-corrected chi connectivity index (χ3v) is 2.68. The minimum Gasteiger partial charge on any atom is -0.478 e. The second-order valence-electron chi connectivity index (χ2n) is 3.96. The Bertz CT molecular complexity index is 646. The van der Waals surface area contributed by atoms with Gasteiger partial charge in [-0.25, -0.2) is 14.6 Å². The Morgan fingerprint density at radius 1 is 1.26 bits per heavy atom. The third-order valence-electron chi connectivity index (χ3n) is 2.68. The van der Waals surface area contributed by atoms with Crippen molar-refractivity contribution < 1.29 is 19.4 Å². The van der Waals surface area contributed by atoms with Gasteiger partial charge in [-0.2, -0.15) is 0 Å². The Labute approximate surface area is 109 Å². The number of nitrogens with zero attached hydrogens (tertiary/aromatic N) is 2. The summed E-state index contributed by atoms with van der Waals surface area (Å²) in [7, 11) is 3.03. The highest BCUT2D eigenvalue weighted by molar-refractivity contribution is 5.96. The van der Waals surface area contributed by atoms with Gasteiger partial charge in [-0.15, -0.1) is 0 Å². The van der Waals surface area contributed by atoms with Gasteiger partial charge < -0.3 is 14.4 Å². The third kappa shape index (κ3) is 2.47. The number of hydrogen-bond donors (Lipinski definition) is 1. The molecule has 0 atom stereocenters. The van der Waals surface area contributed by atoms with E-state index in [4.69, 9.17) is 5.11 Å². The minimum absolute atomic E-state index is 0.0147. The molecule has 0 aliphatic rings. The lowest BCUT2D eigenvalue weighted by Gasteiger charge is -2.06. The Hall–Kier alpha value is -2.63. The predicted octanol–water partition coefficient (Wildman–Crippen LogP) is 1.57. The molecule has 0 aliphatic carbocycles. The first-order valence-electron chi connectivity index (χ1n) is 5.47. The standard InChI is InChI=1S/C13H12N2O4/c1-15-4-3-14-11(15)8-5-9(12(16)17)7-10(6-8)13(18)19-2/h3-7H,1-2H3,(H,16,17). The molecule has 0 fully saturated rings. The summed E-state index contributed by atoms with van der Waals surface area (Å²) < 4.78 is 6.35. The van der Waals surface area contributed by atoms with Gasteiger partial charge in [0.1, 0.15) is 5.82 Å². The molecule has 0 amide bonds. The molecule has 0 bridgehead atoms. The fourth-order valence-electron chi connectivity index (χ4n) is 1.76. The van der Waals surface area contributed by atoms with Crippen LogP contribution in [0.4, 0.5) is 0 Å². The van der Waals surface area contributed by atoms with Gasteiger partial charge in [0.25, 0.3) is 0 Å². The van der Waals surface area contributed by atoms with E-state index in [2.05, 4.69) is 9.72 Å². The molecule has 1 N–H and O–H groups in total. The van der Waals surface area contributed by atoms with Crippen LogP contribution in [0.2, 0.25) is 0 Å². The molecule has 2 rings (SSSR count). The Morgan fingerprint density at radius 3 is 2.47 bits per heavy atom. The molecule has 0 spiro atoms. The zero-order chi connectivity index (χ0) is 14.0. The van der Waals surface area contributed by atoms with Gasteiger partial charge in [0, 0.05) is 25.0 Å². The first kappa shape index (κ1) is 12.8. The number of methoxy groups -OCH3 is 1. The van der Waals surface area contributed by atoms with Gasteiger partial charge in [0.05, 0.1) is 18.2 Å². The van der Waals surface area contributed by atoms with Crippen LogP contribution in [0.25, 0.3) is 11.4 Å². The SMILES string of the molecule is COC(=O)c1cc(C(=O)O)cc(-c2nccn2C)c1. The van der Waals surface area contributed by atoms with E-state index in [1.807, 2.05) is 0 Å². The molecule has 0 saturated heterocycles. The molecule has 2 aromatic rings. The van der Waals surface area contributed by atoms with Gasteiger partial charge in [-0.3, -0.25) is 0 Å². The van der Waals surface area contributed by atoms with Gasteiger partial charge >= 0.3 is 11.9 Å². The average Bonchev–Trinajstić information content (AvgIpc) is 2.83. The van der Waals surface area contributed by atoms with Crippen LogP contribution in [0.3, 0.4) is 0 Å². The highest BCUT2D eigenvalue weighted by Crippen LogP contribution is 2.21. The van der Waals surface area contributed by atoms with E-state index in [0.717, 1.165) is 0 Å². The first-order valence-corrected chi connectivity index (χ1v) is 5.47. The van der Waals surface area contributed by atoms with Gasteiger partial charge in [0.2, 0.25) is 0 Å². The molecule has 0 aliphatic heterocycles. The van der Waals surface area contributed by atoms with Gasteiger partial charge in [-0.1, -0.05) is 0 Å². The van der Waals surface area contributed by atoms with E-state index < -0.39 is 11.9 Å². The lowest BCUT2D eigenvalue weighted by Crippen LogP contribution is -2.06. The average molecular weight is 260 g/mol. The van der Waals surface area contributed by atoms with Crippen molar-refractivity contribution in [1.82, 2.24) is 9.55 Å². The number of imidazole rings is 1. The molecular weight excluding hydrogens is 248 g/mol. The molecule has 1 heterocycles. The van der Waals surface area contributed by atoms with Gasteiger partial charge in [0.15, 0.2) is 0 Å². The first-order chi connectivity index (χ1) is 9.02. The second kappa shape index (κ2) is 4.93. The lowest BCUT2D eigenvalue weighted by molar-refractivity contribution is 0.0601. The van der Waals surface area contributed by atoms with Crippen molar-refractivity contribution in [3.63, 3.8) is 0 Å². The van der Waals surface area contributed by atoms with Crippen LogP contribution in [0, 0.1) is 0 Å². The monoisotopic (exact) mass is 260 g/mol. The van der Waals surface area contributed by atoms with E-state index in [0.29, 0.717) is 11.4 Å². The summed E-state index contributed by atoms with van der Waals surface area (Å²) >= 11 is 0. The summed E-state index contributed by atoms with van der Waals surface area (Å²) in [5, 5.41) is 9.08. The highest BCUT2D eigenvalue weighted by atomic mass is 16.5. The van der Waals surface area contributed by atoms with Crippen LogP contribution >= 0.6 is 0 Å². The topological polar surface area (TPSA) is 81.4 Å². The van der Waals surface area contributed by atoms with Gasteiger partial charge in [-0.05, 0) is 18.2 Å². The Morgan fingerprint density at radius 2 is 1.95 bits per heavy atom. The number of carboxylic acid groups (broad SMARTS) is 1. The zero-order valence-corrected chi connectivity index (χ0v) is 10.5. The molecule has 0 saturated carbocycles. The summed E-state index contributed by atoms with van der Waals surface area (Å²) in [6, 6.07) is 4.30. The number of aromatic carboxylic acids is 1. The maximum atomic E-state index is 11.6. The molecule has 98 valence electrons. The van der Waals surface area contributed by atoms with E-state index in [1.54, 1.807) is 30.1 Å².